The van der Waals surface area contributed by atoms with E-state index in [0.29, 0.717) is 39.2 Å². The van der Waals surface area contributed by atoms with Crippen LogP contribution >= 0.6 is 11.6 Å². The summed E-state index contributed by atoms with van der Waals surface area (Å²) in [4.78, 5) is 85.6. The van der Waals surface area contributed by atoms with Gasteiger partial charge in [0.2, 0.25) is 29.5 Å². The molecule has 0 aliphatic heterocycles. The number of aromatic nitrogens is 2. The molecule has 22 heteroatoms. The molecule has 0 aliphatic carbocycles. The lowest BCUT2D eigenvalue weighted by Gasteiger charge is -2.21. The first-order chi connectivity index (χ1) is 32.6. The number of amides is 5. The molecular formula is C47H45ClF6N8O7. The highest BCUT2D eigenvalue weighted by Gasteiger charge is 2.37. The highest BCUT2D eigenvalue weighted by atomic mass is 35.5. The Morgan fingerprint density at radius 2 is 1.13 bits per heavy atom. The van der Waals surface area contributed by atoms with E-state index < -0.39 is 108 Å². The van der Waals surface area contributed by atoms with Gasteiger partial charge in [0.25, 0.3) is 0 Å². The van der Waals surface area contributed by atoms with Crippen molar-refractivity contribution >= 4 is 68.9 Å². The number of H-pyrrole nitrogens is 2. The summed E-state index contributed by atoms with van der Waals surface area (Å²) in [5, 5.41) is 14.1. The van der Waals surface area contributed by atoms with E-state index in [-0.39, 0.29) is 25.3 Å². The largest absolute Gasteiger partial charge is 0.459 e. The van der Waals surface area contributed by atoms with Gasteiger partial charge in [0.1, 0.15) is 24.7 Å². The van der Waals surface area contributed by atoms with E-state index in [0.717, 1.165) is 16.5 Å². The molecule has 364 valence electrons. The number of para-hydroxylation sites is 2. The molecule has 4 atom stereocenters. The van der Waals surface area contributed by atoms with Gasteiger partial charge in [-0.15, -0.1) is 0 Å². The summed E-state index contributed by atoms with van der Waals surface area (Å²) in [6.07, 6.45) is -7.25. The van der Waals surface area contributed by atoms with Gasteiger partial charge in [0.05, 0.1) is 30.3 Å². The molecule has 69 heavy (non-hydrogen) atoms. The molecule has 0 spiro atoms. The number of nitrogens with one attached hydrogen (secondary N) is 7. The SMILES string of the molecule is C[C@@H](NC(=O)[C@@H](N)Cc1c[nH]c2ccccc12)C(=O)NCC(=O)N[C@@H](Cc1ccc(Cl)cc1)C(=O)NCC(=O)N[C@@H](Cc1c[nH]c2ccccc12)C(=O)OCc1cc(C(F)(F)F)cc(C(F)(F)F)c1. The second-order valence-corrected chi connectivity index (χ2v) is 16.4. The van der Waals surface area contributed by atoms with Crippen molar-refractivity contribution in [2.45, 2.75) is 69.3 Å². The third-order valence-corrected chi connectivity index (χ3v) is 11.1. The lowest BCUT2D eigenvalue weighted by Crippen LogP contribution is -2.54. The standard InChI is InChI=1S/C47H45ClF6N8O7/c1-25(60-43(66)35(55)17-28-20-56-36-8-4-2-6-33(28)36)42(65)58-22-40(63)61-38(16-26-10-12-32(48)13-11-26)44(67)59-23-41(64)62-39(18-29-21-57-37-9-5-3-7-34(29)37)45(68)69-24-27-14-30(46(49,50)51)19-31(15-27)47(52,53)54/h2-15,19-21,25,35,38-39,56-57H,16-18,22-24,55H2,1H3,(H,58,65)(H,59,67)(H,60,66)(H,61,63)(H,62,64)/t25-,35+,38+,39+/m1/s1. The van der Waals surface area contributed by atoms with E-state index in [1.54, 1.807) is 54.7 Å². The zero-order chi connectivity index (χ0) is 50.0. The molecule has 0 unspecified atom stereocenters. The number of esters is 1. The first-order valence-electron chi connectivity index (χ1n) is 21.1. The molecule has 0 bridgehead atoms. The highest BCUT2D eigenvalue weighted by Crippen LogP contribution is 2.36. The maximum Gasteiger partial charge on any atom is 0.416 e. The monoisotopic (exact) mass is 982 g/mol. The fourth-order valence-corrected chi connectivity index (χ4v) is 7.38. The van der Waals surface area contributed by atoms with Crippen LogP contribution in [0.1, 0.15) is 40.3 Å². The Kier molecular flexibility index (Phi) is 16.4. The average molecular weight is 983 g/mol. The Hall–Kier alpha value is -7.39. The van der Waals surface area contributed by atoms with Crippen molar-refractivity contribution in [2.24, 2.45) is 5.73 Å². The van der Waals surface area contributed by atoms with Crippen molar-refractivity contribution in [3.63, 3.8) is 0 Å². The summed E-state index contributed by atoms with van der Waals surface area (Å²) in [6.45, 7) is -1.06. The van der Waals surface area contributed by atoms with Crippen molar-refractivity contribution < 1.29 is 59.8 Å². The van der Waals surface area contributed by atoms with Crippen LogP contribution in [-0.2, 0) is 71.7 Å². The minimum atomic E-state index is -5.16. The number of benzene rings is 4. The van der Waals surface area contributed by atoms with Gasteiger partial charge in [0.15, 0.2) is 0 Å². The summed E-state index contributed by atoms with van der Waals surface area (Å²) in [5.41, 5.74) is 5.61. The number of rotatable bonds is 19. The molecule has 0 saturated carbocycles. The van der Waals surface area contributed by atoms with Gasteiger partial charge in [-0.3, -0.25) is 24.0 Å². The van der Waals surface area contributed by atoms with E-state index in [1.807, 2.05) is 24.3 Å². The molecule has 6 aromatic rings. The zero-order valence-electron chi connectivity index (χ0n) is 36.4. The smallest absolute Gasteiger partial charge is 0.416 e. The van der Waals surface area contributed by atoms with Crippen molar-refractivity contribution in [3.05, 3.63) is 142 Å². The molecule has 2 aromatic heterocycles. The van der Waals surface area contributed by atoms with E-state index in [9.17, 15) is 55.1 Å². The third-order valence-electron chi connectivity index (χ3n) is 10.8. The van der Waals surface area contributed by atoms with Crippen LogP contribution in [0.25, 0.3) is 21.8 Å². The first-order valence-corrected chi connectivity index (χ1v) is 21.5. The number of aromatic amines is 2. The van der Waals surface area contributed by atoms with Gasteiger partial charge in [0, 0.05) is 52.1 Å². The number of hydrogen-bond acceptors (Lipinski definition) is 8. The number of halogens is 7. The predicted molar refractivity (Wildman–Crippen MR) is 241 cm³/mol. The first kappa shape index (κ1) is 51.0. The van der Waals surface area contributed by atoms with Crippen LogP contribution in [0.15, 0.2) is 103 Å². The quantitative estimate of drug-likeness (QED) is 0.0399. The Morgan fingerprint density at radius 1 is 0.623 bits per heavy atom. The summed E-state index contributed by atoms with van der Waals surface area (Å²) in [7, 11) is 0. The maximum absolute atomic E-state index is 13.6. The summed E-state index contributed by atoms with van der Waals surface area (Å²) >= 11 is 6.03. The molecule has 0 radical (unpaired) electrons. The zero-order valence-corrected chi connectivity index (χ0v) is 37.2. The topological polar surface area (TPSA) is 229 Å². The number of alkyl halides is 6. The van der Waals surface area contributed by atoms with Crippen molar-refractivity contribution in [2.75, 3.05) is 13.1 Å². The summed E-state index contributed by atoms with van der Waals surface area (Å²) in [5.74, 6) is -5.26. The van der Waals surface area contributed by atoms with Crippen LogP contribution in [0.2, 0.25) is 5.02 Å². The molecule has 15 nitrogen and oxygen atoms in total. The number of hydrogen-bond donors (Lipinski definition) is 8. The molecule has 0 saturated heterocycles. The molecule has 0 aliphatic rings. The summed E-state index contributed by atoms with van der Waals surface area (Å²) < 4.78 is 86.3. The van der Waals surface area contributed by atoms with E-state index in [2.05, 4.69) is 36.6 Å². The van der Waals surface area contributed by atoms with Gasteiger partial charge in [-0.25, -0.2) is 4.79 Å². The van der Waals surface area contributed by atoms with Crippen LogP contribution in [0, 0.1) is 0 Å². The molecule has 9 N–H and O–H groups in total. The van der Waals surface area contributed by atoms with Gasteiger partial charge >= 0.3 is 18.3 Å². The number of ether oxygens (including phenoxy) is 1. The fraction of sp³-hybridized carbons (Fsp3) is 0.277. The van der Waals surface area contributed by atoms with E-state index >= 15 is 0 Å². The number of fused-ring (bicyclic) bond motifs is 2. The molecular weight excluding hydrogens is 938 g/mol. The van der Waals surface area contributed by atoms with Gasteiger partial charge in [-0.05, 0) is 78.1 Å². The number of nitrogens with two attached hydrogens (primary N) is 1. The maximum atomic E-state index is 13.6. The highest BCUT2D eigenvalue weighted by molar-refractivity contribution is 6.30. The van der Waals surface area contributed by atoms with Gasteiger partial charge in [-0.2, -0.15) is 26.3 Å². The van der Waals surface area contributed by atoms with Crippen LogP contribution in [0.5, 0.6) is 0 Å². The fourth-order valence-electron chi connectivity index (χ4n) is 7.25. The van der Waals surface area contributed by atoms with Crippen LogP contribution in [0.3, 0.4) is 0 Å². The lowest BCUT2D eigenvalue weighted by molar-refractivity contribution is -0.149. The van der Waals surface area contributed by atoms with Gasteiger partial charge < -0.3 is 47.0 Å². The lowest BCUT2D eigenvalue weighted by atomic mass is 10.0. The van der Waals surface area contributed by atoms with Crippen molar-refractivity contribution in [1.29, 1.82) is 0 Å². The van der Waals surface area contributed by atoms with Crippen LogP contribution in [0.4, 0.5) is 26.3 Å². The normalized spacial score (nSPS) is 13.5. The Balaban J connectivity index is 1.08. The van der Waals surface area contributed by atoms with E-state index in [4.69, 9.17) is 22.1 Å². The molecule has 4 aromatic carbocycles. The van der Waals surface area contributed by atoms with Crippen molar-refractivity contribution in [3.8, 4) is 0 Å². The predicted octanol–water partition coefficient (Wildman–Crippen LogP) is 5.15. The minimum Gasteiger partial charge on any atom is -0.459 e. The van der Waals surface area contributed by atoms with E-state index in [1.165, 1.54) is 13.1 Å². The van der Waals surface area contributed by atoms with Gasteiger partial charge in [-0.1, -0.05) is 60.1 Å². The van der Waals surface area contributed by atoms with Crippen LogP contribution < -0.4 is 32.3 Å². The van der Waals surface area contributed by atoms with Crippen molar-refractivity contribution in [1.82, 2.24) is 36.6 Å². The Bertz CT molecular complexity index is 2800. The molecule has 0 fully saturated rings. The Morgan fingerprint density at radius 3 is 1.68 bits per heavy atom. The Labute approximate surface area is 394 Å². The minimum absolute atomic E-state index is 0.0702. The second kappa shape index (κ2) is 22.1. The summed E-state index contributed by atoms with van der Waals surface area (Å²) in [6, 6.07) is 16.3. The number of carbonyl (C=O) groups excluding carboxylic acids is 6. The molecule has 2 heterocycles. The third kappa shape index (κ3) is 14.1. The average Bonchev–Trinajstić information content (AvgIpc) is 3.92. The molecule has 5 amide bonds. The molecule has 6 rings (SSSR count). The second-order valence-electron chi connectivity index (χ2n) is 16.0. The number of carbonyl (C=O) groups is 6. The van der Waals surface area contributed by atoms with Crippen LogP contribution in [-0.4, -0.2) is 82.7 Å².